The lowest BCUT2D eigenvalue weighted by atomic mass is 10.0. The van der Waals surface area contributed by atoms with Crippen molar-refractivity contribution in [1.82, 2.24) is 24.6 Å². The predicted octanol–water partition coefficient (Wildman–Crippen LogP) is 3.84. The van der Waals surface area contributed by atoms with Crippen LogP contribution in [0.2, 0.25) is 0 Å². The largest absolute Gasteiger partial charge is 0.419 e. The minimum absolute atomic E-state index is 0.115. The highest BCUT2D eigenvalue weighted by Gasteiger charge is 2.35. The van der Waals surface area contributed by atoms with E-state index in [1.807, 2.05) is 6.07 Å². The van der Waals surface area contributed by atoms with E-state index in [1.54, 1.807) is 11.3 Å². The number of fused-ring (bicyclic) bond motifs is 3. The molecule has 0 radical (unpaired) electrons. The maximum atomic E-state index is 14.7. The van der Waals surface area contributed by atoms with E-state index in [-0.39, 0.29) is 5.56 Å². The van der Waals surface area contributed by atoms with Crippen LogP contribution >= 0.6 is 0 Å². The number of nitrogens with zero attached hydrogens (tertiary/aromatic N) is 6. The van der Waals surface area contributed by atoms with Crippen molar-refractivity contribution < 1.29 is 22.3 Å². The minimum Gasteiger partial charge on any atom is -0.378 e. The molecule has 172 valence electrons. The number of nitrogens with one attached hydrogen (secondary N) is 1. The van der Waals surface area contributed by atoms with Gasteiger partial charge in [0.1, 0.15) is 24.3 Å². The standard InChI is InChI=1S/C21H19F4N7O/c1-12(13-3-2-4-15(17(13)22)21(23,24)25)29-18-14-9-16(31-5-7-33-8-6-31)20-30-28-11-32(20)19(14)27-10-26-18/h2-4,9-12H,5-8H2,1H3,(H,26,27,29)/t12-/m1/s1. The van der Waals surface area contributed by atoms with Crippen LogP contribution in [0, 0.1) is 5.82 Å². The molecule has 1 aliphatic heterocycles. The summed E-state index contributed by atoms with van der Waals surface area (Å²) >= 11 is 0. The normalized spacial score (nSPS) is 15.8. The van der Waals surface area contributed by atoms with Gasteiger partial charge in [0.05, 0.1) is 35.9 Å². The van der Waals surface area contributed by atoms with E-state index in [0.29, 0.717) is 48.8 Å². The molecule has 1 saturated heterocycles. The fourth-order valence-corrected chi connectivity index (χ4v) is 4.02. The minimum atomic E-state index is -4.78. The van der Waals surface area contributed by atoms with Gasteiger partial charge in [-0.3, -0.25) is 4.40 Å². The first-order chi connectivity index (χ1) is 15.8. The van der Waals surface area contributed by atoms with Gasteiger partial charge in [0.25, 0.3) is 0 Å². The van der Waals surface area contributed by atoms with Crippen molar-refractivity contribution >= 4 is 28.2 Å². The second-order valence-corrected chi connectivity index (χ2v) is 7.69. The van der Waals surface area contributed by atoms with E-state index >= 15 is 0 Å². The van der Waals surface area contributed by atoms with Crippen LogP contribution in [0.3, 0.4) is 0 Å². The Morgan fingerprint density at radius 2 is 1.91 bits per heavy atom. The average Bonchev–Trinajstić information content (AvgIpc) is 3.29. The van der Waals surface area contributed by atoms with Crippen molar-refractivity contribution in [2.24, 2.45) is 0 Å². The number of morpholine rings is 1. The first-order valence-corrected chi connectivity index (χ1v) is 10.3. The van der Waals surface area contributed by atoms with E-state index in [9.17, 15) is 17.6 Å². The lowest BCUT2D eigenvalue weighted by Crippen LogP contribution is -2.36. The van der Waals surface area contributed by atoms with Crippen LogP contribution in [0.25, 0.3) is 16.7 Å². The molecule has 0 spiro atoms. The molecule has 5 rings (SSSR count). The van der Waals surface area contributed by atoms with Gasteiger partial charge in [0.15, 0.2) is 11.3 Å². The second kappa shape index (κ2) is 8.10. The van der Waals surface area contributed by atoms with Gasteiger partial charge in [-0.05, 0) is 19.1 Å². The topological polar surface area (TPSA) is 80.5 Å². The number of hydrogen-bond acceptors (Lipinski definition) is 7. The third-order valence-electron chi connectivity index (χ3n) is 5.65. The molecule has 4 aromatic rings. The Morgan fingerprint density at radius 1 is 1.12 bits per heavy atom. The molecule has 1 aromatic carbocycles. The summed E-state index contributed by atoms with van der Waals surface area (Å²) in [7, 11) is 0. The molecule has 0 bridgehead atoms. The maximum absolute atomic E-state index is 14.7. The number of anilines is 2. The quantitative estimate of drug-likeness (QED) is 0.463. The van der Waals surface area contributed by atoms with Crippen molar-refractivity contribution in [2.75, 3.05) is 36.5 Å². The van der Waals surface area contributed by atoms with Crippen LogP contribution < -0.4 is 10.2 Å². The Hall–Kier alpha value is -3.54. The summed E-state index contributed by atoms with van der Waals surface area (Å²) in [5.74, 6) is -0.951. The predicted molar refractivity (Wildman–Crippen MR) is 113 cm³/mol. The highest BCUT2D eigenvalue weighted by atomic mass is 19.4. The van der Waals surface area contributed by atoms with Crippen molar-refractivity contribution in [3.63, 3.8) is 0 Å². The molecule has 1 aliphatic rings. The number of hydrogen-bond donors (Lipinski definition) is 1. The van der Waals surface area contributed by atoms with Gasteiger partial charge in [0.2, 0.25) is 0 Å². The molecular formula is C21H19F4N7O. The van der Waals surface area contributed by atoms with Crippen LogP contribution in [-0.4, -0.2) is 50.9 Å². The smallest absolute Gasteiger partial charge is 0.378 e. The zero-order chi connectivity index (χ0) is 23.2. The molecular weight excluding hydrogens is 442 g/mol. The van der Waals surface area contributed by atoms with Crippen LogP contribution in [-0.2, 0) is 10.9 Å². The van der Waals surface area contributed by atoms with Gasteiger partial charge in [-0.15, -0.1) is 10.2 Å². The lowest BCUT2D eigenvalue weighted by molar-refractivity contribution is -0.140. The molecule has 33 heavy (non-hydrogen) atoms. The Labute approximate surface area is 185 Å². The molecule has 0 saturated carbocycles. The Balaban J connectivity index is 1.58. The van der Waals surface area contributed by atoms with Gasteiger partial charge in [-0.2, -0.15) is 13.2 Å². The lowest BCUT2D eigenvalue weighted by Gasteiger charge is -2.29. The van der Waals surface area contributed by atoms with Gasteiger partial charge >= 0.3 is 6.18 Å². The number of rotatable bonds is 4. The van der Waals surface area contributed by atoms with E-state index in [2.05, 4.69) is 30.4 Å². The molecule has 4 heterocycles. The summed E-state index contributed by atoms with van der Waals surface area (Å²) in [6.45, 7) is 4.04. The summed E-state index contributed by atoms with van der Waals surface area (Å²) in [5, 5.41) is 11.9. The summed E-state index contributed by atoms with van der Waals surface area (Å²) < 4.78 is 61.3. The SMILES string of the molecule is C[C@@H](Nc1ncnc2c1cc(N1CCOCC1)c1nncn12)c1cccc(C(F)(F)F)c1F. The average molecular weight is 461 g/mol. The van der Waals surface area contributed by atoms with E-state index < -0.39 is 23.6 Å². The van der Waals surface area contributed by atoms with Crippen molar-refractivity contribution in [2.45, 2.75) is 19.1 Å². The van der Waals surface area contributed by atoms with Gasteiger partial charge in [-0.25, -0.2) is 14.4 Å². The van der Waals surface area contributed by atoms with Crippen LogP contribution in [0.5, 0.6) is 0 Å². The van der Waals surface area contributed by atoms with Crippen LogP contribution in [0.1, 0.15) is 24.1 Å². The fraction of sp³-hybridized carbons (Fsp3) is 0.333. The molecule has 12 heteroatoms. The molecule has 1 fully saturated rings. The van der Waals surface area contributed by atoms with E-state index in [1.165, 1.54) is 24.8 Å². The first kappa shape index (κ1) is 21.3. The second-order valence-electron chi connectivity index (χ2n) is 7.69. The van der Waals surface area contributed by atoms with E-state index in [4.69, 9.17) is 4.74 Å². The number of pyridine rings is 1. The van der Waals surface area contributed by atoms with Crippen molar-refractivity contribution in [3.8, 4) is 0 Å². The van der Waals surface area contributed by atoms with Crippen LogP contribution in [0.4, 0.5) is 29.1 Å². The summed E-state index contributed by atoms with van der Waals surface area (Å²) in [6.07, 6.45) is -1.92. The number of alkyl halides is 3. The molecule has 0 aliphatic carbocycles. The van der Waals surface area contributed by atoms with Gasteiger partial charge < -0.3 is 15.0 Å². The highest BCUT2D eigenvalue weighted by Crippen LogP contribution is 2.35. The monoisotopic (exact) mass is 461 g/mol. The zero-order valence-electron chi connectivity index (χ0n) is 17.5. The summed E-state index contributed by atoms with van der Waals surface area (Å²) in [5.41, 5.74) is 0.517. The Kier molecular flexibility index (Phi) is 5.23. The van der Waals surface area contributed by atoms with Crippen molar-refractivity contribution in [1.29, 1.82) is 0 Å². The summed E-state index contributed by atoms with van der Waals surface area (Å²) in [4.78, 5) is 10.7. The van der Waals surface area contributed by atoms with Gasteiger partial charge in [-0.1, -0.05) is 12.1 Å². The number of ether oxygens (including phenoxy) is 1. The number of halogens is 4. The summed E-state index contributed by atoms with van der Waals surface area (Å²) in [6, 6.07) is 4.30. The molecule has 0 amide bonds. The maximum Gasteiger partial charge on any atom is 0.419 e. The third-order valence-corrected chi connectivity index (χ3v) is 5.65. The van der Waals surface area contributed by atoms with E-state index in [0.717, 1.165) is 11.8 Å². The molecule has 1 atom stereocenters. The molecule has 0 unspecified atom stereocenters. The number of aromatic nitrogens is 5. The zero-order valence-corrected chi connectivity index (χ0v) is 17.5. The van der Waals surface area contributed by atoms with Crippen LogP contribution in [0.15, 0.2) is 36.9 Å². The Bertz CT molecular complexity index is 1320. The fourth-order valence-electron chi connectivity index (χ4n) is 4.02. The molecule has 1 N–H and O–H groups in total. The van der Waals surface area contributed by atoms with Crippen molar-refractivity contribution in [3.05, 3.63) is 53.9 Å². The Morgan fingerprint density at radius 3 is 2.67 bits per heavy atom. The van der Waals surface area contributed by atoms with Gasteiger partial charge in [0, 0.05) is 18.7 Å². The highest BCUT2D eigenvalue weighted by molar-refractivity contribution is 5.93. The molecule has 8 nitrogen and oxygen atoms in total. The number of benzene rings is 1. The molecule has 3 aromatic heterocycles. The first-order valence-electron chi connectivity index (χ1n) is 10.3. The third kappa shape index (κ3) is 3.80.